The van der Waals surface area contributed by atoms with Gasteiger partial charge in [0.2, 0.25) is 15.9 Å². The number of piperidine rings is 1. The average molecular weight is 401 g/mol. The van der Waals surface area contributed by atoms with Crippen LogP contribution >= 0.6 is 0 Å². The Kier molecular flexibility index (Phi) is 7.14. The zero-order chi connectivity index (χ0) is 20.0. The monoisotopic (exact) mass is 401 g/mol. The van der Waals surface area contributed by atoms with E-state index in [1.165, 1.54) is 19.1 Å². The van der Waals surface area contributed by atoms with Crippen molar-refractivity contribution in [3.63, 3.8) is 0 Å². The normalized spacial score (nSPS) is 16.6. The Morgan fingerprint density at radius 2 is 1.93 bits per heavy atom. The highest BCUT2D eigenvalue weighted by molar-refractivity contribution is 7.89. The number of amides is 2. The molecule has 1 saturated heterocycles. The summed E-state index contributed by atoms with van der Waals surface area (Å²) < 4.78 is 45.3. The van der Waals surface area contributed by atoms with Gasteiger partial charge in [0.25, 0.3) is 0 Å². The molecule has 1 aliphatic rings. The van der Waals surface area contributed by atoms with Crippen LogP contribution in [0, 0.1) is 5.82 Å². The number of hydrogen-bond donors (Lipinski definition) is 2. The van der Waals surface area contributed by atoms with Crippen molar-refractivity contribution in [2.24, 2.45) is 0 Å². The van der Waals surface area contributed by atoms with Crippen LogP contribution in [0.15, 0.2) is 29.2 Å². The van der Waals surface area contributed by atoms with Gasteiger partial charge in [-0.2, -0.15) is 4.72 Å². The van der Waals surface area contributed by atoms with Gasteiger partial charge in [0.15, 0.2) is 0 Å². The summed E-state index contributed by atoms with van der Waals surface area (Å²) in [4.78, 5) is 25.0. The van der Waals surface area contributed by atoms with Crippen LogP contribution in [0.1, 0.15) is 26.7 Å². The number of benzene rings is 1. The average Bonchev–Trinajstić information content (AvgIpc) is 2.62. The van der Waals surface area contributed by atoms with Gasteiger partial charge in [0.05, 0.1) is 12.6 Å². The van der Waals surface area contributed by atoms with Crippen molar-refractivity contribution in [3.05, 3.63) is 30.1 Å². The topological polar surface area (TPSA) is 105 Å². The molecule has 1 heterocycles. The molecule has 1 fully saturated rings. The van der Waals surface area contributed by atoms with Crippen molar-refractivity contribution in [2.45, 2.75) is 43.7 Å². The number of ether oxygens (including phenoxy) is 1. The number of halogens is 1. The molecule has 150 valence electrons. The van der Waals surface area contributed by atoms with E-state index >= 15 is 0 Å². The summed E-state index contributed by atoms with van der Waals surface area (Å²) in [5.41, 5.74) is 0. The van der Waals surface area contributed by atoms with Gasteiger partial charge in [-0.15, -0.1) is 0 Å². The number of rotatable bonds is 6. The van der Waals surface area contributed by atoms with Crippen molar-refractivity contribution in [3.8, 4) is 0 Å². The highest BCUT2D eigenvalue weighted by Crippen LogP contribution is 2.14. The summed E-state index contributed by atoms with van der Waals surface area (Å²) in [5, 5.41) is 2.76. The lowest BCUT2D eigenvalue weighted by molar-refractivity contribution is -0.123. The molecule has 0 bridgehead atoms. The van der Waals surface area contributed by atoms with Crippen LogP contribution in [0.25, 0.3) is 0 Å². The number of hydrogen-bond acceptors (Lipinski definition) is 5. The van der Waals surface area contributed by atoms with Gasteiger partial charge in [-0.1, -0.05) is 12.1 Å². The number of nitrogens with zero attached hydrogens (tertiary/aromatic N) is 1. The second kappa shape index (κ2) is 9.14. The molecule has 2 rings (SSSR count). The first kappa shape index (κ1) is 21.1. The molecule has 1 aliphatic heterocycles. The highest BCUT2D eigenvalue weighted by Gasteiger charge is 2.28. The van der Waals surface area contributed by atoms with Crippen molar-refractivity contribution in [1.29, 1.82) is 0 Å². The lowest BCUT2D eigenvalue weighted by Gasteiger charge is -2.32. The standard InChI is InChI=1S/C17H24FN3O5S/c1-3-26-17(23)21-10-8-13(9-11-21)19-16(22)12(2)20-27(24,25)15-7-5-4-6-14(15)18/h4-7,12-13,20H,3,8-11H2,1-2H3,(H,19,22)/t12-/m0/s1. The van der Waals surface area contributed by atoms with E-state index in [0.29, 0.717) is 32.5 Å². The molecular formula is C17H24FN3O5S. The third-order valence-electron chi connectivity index (χ3n) is 4.22. The Hall–Kier alpha value is -2.20. The van der Waals surface area contributed by atoms with Crippen LogP contribution in [0.5, 0.6) is 0 Å². The fraction of sp³-hybridized carbons (Fsp3) is 0.529. The molecule has 8 nitrogen and oxygen atoms in total. The zero-order valence-corrected chi connectivity index (χ0v) is 16.1. The van der Waals surface area contributed by atoms with E-state index in [1.54, 1.807) is 11.8 Å². The second-order valence-corrected chi connectivity index (χ2v) is 7.92. The molecule has 27 heavy (non-hydrogen) atoms. The summed E-state index contributed by atoms with van der Waals surface area (Å²) in [6.45, 7) is 4.31. The number of carbonyl (C=O) groups excluding carboxylic acids is 2. The first-order valence-electron chi connectivity index (χ1n) is 8.73. The molecule has 2 amide bonds. The van der Waals surface area contributed by atoms with E-state index in [9.17, 15) is 22.4 Å². The highest BCUT2D eigenvalue weighted by atomic mass is 32.2. The molecular weight excluding hydrogens is 377 g/mol. The SMILES string of the molecule is CCOC(=O)N1CCC(NC(=O)[C@H](C)NS(=O)(=O)c2ccccc2F)CC1. The largest absolute Gasteiger partial charge is 0.450 e. The molecule has 10 heteroatoms. The zero-order valence-electron chi connectivity index (χ0n) is 15.3. The van der Waals surface area contributed by atoms with Crippen molar-refractivity contribution in [2.75, 3.05) is 19.7 Å². The van der Waals surface area contributed by atoms with Crippen LogP contribution in [0.2, 0.25) is 0 Å². The van der Waals surface area contributed by atoms with E-state index in [4.69, 9.17) is 4.74 Å². The van der Waals surface area contributed by atoms with Gasteiger partial charge in [-0.05, 0) is 38.8 Å². The minimum atomic E-state index is -4.16. The van der Waals surface area contributed by atoms with E-state index < -0.39 is 32.7 Å². The maximum Gasteiger partial charge on any atom is 0.409 e. The summed E-state index contributed by atoms with van der Waals surface area (Å²) in [6, 6.07) is 3.71. The fourth-order valence-corrected chi connectivity index (χ4v) is 4.04. The molecule has 0 aliphatic carbocycles. The molecule has 0 radical (unpaired) electrons. The molecule has 0 spiro atoms. The third-order valence-corrected chi connectivity index (χ3v) is 5.79. The summed E-state index contributed by atoms with van der Waals surface area (Å²) in [7, 11) is -4.16. The maximum atomic E-state index is 13.7. The van der Waals surface area contributed by atoms with E-state index in [0.717, 1.165) is 12.1 Å². The van der Waals surface area contributed by atoms with Gasteiger partial charge in [-0.3, -0.25) is 4.79 Å². The van der Waals surface area contributed by atoms with Gasteiger partial charge >= 0.3 is 6.09 Å². The van der Waals surface area contributed by atoms with Crippen molar-refractivity contribution >= 4 is 22.0 Å². The lowest BCUT2D eigenvalue weighted by Crippen LogP contribution is -2.51. The smallest absolute Gasteiger partial charge is 0.409 e. The van der Waals surface area contributed by atoms with E-state index in [1.807, 2.05) is 0 Å². The summed E-state index contributed by atoms with van der Waals surface area (Å²) in [5.74, 6) is -1.39. The van der Waals surface area contributed by atoms with Crippen LogP contribution in [0.3, 0.4) is 0 Å². The number of sulfonamides is 1. The summed E-state index contributed by atoms with van der Waals surface area (Å²) >= 11 is 0. The fourth-order valence-electron chi connectivity index (χ4n) is 2.76. The van der Waals surface area contributed by atoms with Crippen LogP contribution in [0.4, 0.5) is 9.18 Å². The molecule has 0 saturated carbocycles. The van der Waals surface area contributed by atoms with Crippen LogP contribution in [-0.2, 0) is 19.6 Å². The van der Waals surface area contributed by atoms with Crippen molar-refractivity contribution in [1.82, 2.24) is 14.9 Å². The second-order valence-electron chi connectivity index (χ2n) is 6.24. The first-order valence-corrected chi connectivity index (χ1v) is 10.2. The molecule has 0 aromatic heterocycles. The maximum absolute atomic E-state index is 13.7. The van der Waals surface area contributed by atoms with Gasteiger partial charge in [-0.25, -0.2) is 17.6 Å². The Morgan fingerprint density at radius 1 is 1.30 bits per heavy atom. The number of nitrogens with one attached hydrogen (secondary N) is 2. The third kappa shape index (κ3) is 5.64. The minimum absolute atomic E-state index is 0.177. The predicted octanol–water partition coefficient (Wildman–Crippen LogP) is 1.23. The quantitative estimate of drug-likeness (QED) is 0.746. The Balaban J connectivity index is 1.88. The molecule has 1 atom stereocenters. The van der Waals surface area contributed by atoms with Crippen LogP contribution < -0.4 is 10.0 Å². The Bertz CT molecular complexity index is 779. The number of likely N-dealkylation sites (tertiary alicyclic amines) is 1. The van der Waals surface area contributed by atoms with E-state index in [2.05, 4.69) is 10.0 Å². The molecule has 1 aromatic rings. The van der Waals surface area contributed by atoms with Gasteiger partial charge in [0, 0.05) is 19.1 Å². The molecule has 1 aromatic carbocycles. The minimum Gasteiger partial charge on any atom is -0.450 e. The summed E-state index contributed by atoms with van der Waals surface area (Å²) in [6.07, 6.45) is 0.697. The van der Waals surface area contributed by atoms with E-state index in [-0.39, 0.29) is 12.1 Å². The molecule has 0 unspecified atom stereocenters. The van der Waals surface area contributed by atoms with Gasteiger partial charge < -0.3 is 15.0 Å². The van der Waals surface area contributed by atoms with Crippen LogP contribution in [-0.4, -0.2) is 57.1 Å². The lowest BCUT2D eigenvalue weighted by atomic mass is 10.1. The Labute approximate surface area is 158 Å². The predicted molar refractivity (Wildman–Crippen MR) is 95.9 cm³/mol. The Morgan fingerprint density at radius 3 is 2.52 bits per heavy atom. The molecule has 2 N–H and O–H groups in total. The van der Waals surface area contributed by atoms with Gasteiger partial charge in [0.1, 0.15) is 10.7 Å². The first-order chi connectivity index (χ1) is 12.7. The van der Waals surface area contributed by atoms with Crippen molar-refractivity contribution < 1.29 is 27.1 Å². The number of carbonyl (C=O) groups is 2.